The molecule has 0 bridgehead atoms. The number of hydrogen-bond donors (Lipinski definition) is 0. The van der Waals surface area contributed by atoms with E-state index in [0.717, 1.165) is 10.9 Å². The second-order valence-corrected chi connectivity index (χ2v) is 6.53. The average Bonchev–Trinajstić information content (AvgIpc) is 3.09. The standard InChI is InChI=1S/C19H20N2O2S/c1-15-7-9-16(10-8-15)14-24-19-20-11-12-21(19)18(22)13-23-17-5-3-2-4-6-17/h2-10H,11-14H2,1H3. The van der Waals surface area contributed by atoms with E-state index in [1.807, 2.05) is 30.3 Å². The Bertz CT molecular complexity index is 714. The van der Waals surface area contributed by atoms with E-state index in [1.54, 1.807) is 16.7 Å². The predicted octanol–water partition coefficient (Wildman–Crippen LogP) is 3.51. The molecule has 0 spiro atoms. The molecule has 0 radical (unpaired) electrons. The second kappa shape index (κ2) is 8.02. The molecular weight excluding hydrogens is 320 g/mol. The van der Waals surface area contributed by atoms with Gasteiger partial charge in [-0.2, -0.15) is 0 Å². The molecule has 1 aliphatic rings. The van der Waals surface area contributed by atoms with Crippen LogP contribution in [0.4, 0.5) is 0 Å². The minimum absolute atomic E-state index is 0.0358. The van der Waals surface area contributed by atoms with Crippen LogP contribution in [0.3, 0.4) is 0 Å². The van der Waals surface area contributed by atoms with Gasteiger partial charge in [0.25, 0.3) is 5.91 Å². The van der Waals surface area contributed by atoms with E-state index in [4.69, 9.17) is 4.74 Å². The number of benzene rings is 2. The SMILES string of the molecule is Cc1ccc(CSC2=NCCN2C(=O)COc2ccccc2)cc1. The second-order valence-electron chi connectivity index (χ2n) is 5.59. The molecule has 3 rings (SSSR count). The molecule has 24 heavy (non-hydrogen) atoms. The van der Waals surface area contributed by atoms with Crippen LogP contribution in [0.2, 0.25) is 0 Å². The van der Waals surface area contributed by atoms with Crippen molar-refractivity contribution in [2.75, 3.05) is 19.7 Å². The number of carbonyl (C=O) groups excluding carboxylic acids is 1. The number of nitrogens with zero attached hydrogens (tertiary/aromatic N) is 2. The lowest BCUT2D eigenvalue weighted by Gasteiger charge is -2.18. The van der Waals surface area contributed by atoms with Gasteiger partial charge >= 0.3 is 0 Å². The summed E-state index contributed by atoms with van der Waals surface area (Å²) in [5.41, 5.74) is 2.48. The van der Waals surface area contributed by atoms with Crippen molar-refractivity contribution in [1.82, 2.24) is 4.90 Å². The summed E-state index contributed by atoms with van der Waals surface area (Å²) >= 11 is 1.60. The fourth-order valence-electron chi connectivity index (χ4n) is 2.35. The first-order chi connectivity index (χ1) is 11.7. The molecule has 1 heterocycles. The number of para-hydroxylation sites is 1. The van der Waals surface area contributed by atoms with Crippen LogP contribution in [0.5, 0.6) is 5.75 Å². The van der Waals surface area contributed by atoms with Gasteiger partial charge in [-0.1, -0.05) is 59.8 Å². The lowest BCUT2D eigenvalue weighted by molar-refractivity contribution is -0.128. The Morgan fingerprint density at radius 3 is 2.67 bits per heavy atom. The smallest absolute Gasteiger partial charge is 0.266 e. The zero-order valence-electron chi connectivity index (χ0n) is 13.6. The van der Waals surface area contributed by atoms with Crippen molar-refractivity contribution in [3.05, 3.63) is 65.7 Å². The largest absolute Gasteiger partial charge is 0.484 e. The Morgan fingerprint density at radius 2 is 1.92 bits per heavy atom. The third-order valence-electron chi connectivity index (χ3n) is 3.70. The Kier molecular flexibility index (Phi) is 5.54. The predicted molar refractivity (Wildman–Crippen MR) is 98.4 cm³/mol. The summed E-state index contributed by atoms with van der Waals surface area (Å²) in [7, 11) is 0. The van der Waals surface area contributed by atoms with Gasteiger partial charge in [0.2, 0.25) is 0 Å². The number of aliphatic imine (C=N–C) groups is 1. The van der Waals surface area contributed by atoms with E-state index >= 15 is 0 Å². The van der Waals surface area contributed by atoms with Crippen LogP contribution in [0.15, 0.2) is 59.6 Å². The Labute approximate surface area is 146 Å². The summed E-state index contributed by atoms with van der Waals surface area (Å²) in [5.74, 6) is 1.46. The van der Waals surface area contributed by atoms with Gasteiger partial charge in [-0.05, 0) is 24.6 Å². The molecule has 2 aromatic rings. The molecule has 0 fully saturated rings. The lowest BCUT2D eigenvalue weighted by atomic mass is 10.2. The van der Waals surface area contributed by atoms with Crippen molar-refractivity contribution in [3.8, 4) is 5.75 Å². The number of amidine groups is 1. The van der Waals surface area contributed by atoms with Crippen molar-refractivity contribution in [3.63, 3.8) is 0 Å². The first-order valence-electron chi connectivity index (χ1n) is 7.93. The van der Waals surface area contributed by atoms with Crippen LogP contribution >= 0.6 is 11.8 Å². The first kappa shape index (κ1) is 16.6. The monoisotopic (exact) mass is 340 g/mol. The molecule has 0 aromatic heterocycles. The van der Waals surface area contributed by atoms with E-state index in [0.29, 0.717) is 18.8 Å². The van der Waals surface area contributed by atoms with Gasteiger partial charge in [0.15, 0.2) is 11.8 Å². The van der Waals surface area contributed by atoms with Gasteiger partial charge in [0.1, 0.15) is 5.75 Å². The van der Waals surface area contributed by atoms with Crippen molar-refractivity contribution in [1.29, 1.82) is 0 Å². The maximum atomic E-state index is 12.4. The van der Waals surface area contributed by atoms with Crippen molar-refractivity contribution >= 4 is 22.8 Å². The number of hydrogen-bond acceptors (Lipinski definition) is 4. The Balaban J connectivity index is 1.52. The number of rotatable bonds is 5. The number of thioether (sulfide) groups is 1. The maximum absolute atomic E-state index is 12.4. The van der Waals surface area contributed by atoms with Gasteiger partial charge in [0, 0.05) is 12.3 Å². The first-order valence-corrected chi connectivity index (χ1v) is 8.92. The summed E-state index contributed by atoms with van der Waals surface area (Å²) < 4.78 is 5.55. The number of aryl methyl sites for hydroxylation is 1. The zero-order valence-corrected chi connectivity index (χ0v) is 14.5. The van der Waals surface area contributed by atoms with E-state index in [9.17, 15) is 4.79 Å². The summed E-state index contributed by atoms with van der Waals surface area (Å²) in [5, 5.41) is 0.789. The molecule has 2 aromatic carbocycles. The molecule has 0 saturated heterocycles. The molecule has 124 valence electrons. The van der Waals surface area contributed by atoms with Crippen LogP contribution in [0.25, 0.3) is 0 Å². The molecule has 0 N–H and O–H groups in total. The highest BCUT2D eigenvalue weighted by molar-refractivity contribution is 8.13. The summed E-state index contributed by atoms with van der Waals surface area (Å²) in [6, 6.07) is 17.8. The van der Waals surface area contributed by atoms with Gasteiger partial charge in [0.05, 0.1) is 6.54 Å². The number of amides is 1. The van der Waals surface area contributed by atoms with Gasteiger partial charge in [-0.3, -0.25) is 14.7 Å². The number of carbonyl (C=O) groups is 1. The van der Waals surface area contributed by atoms with E-state index in [2.05, 4.69) is 36.2 Å². The van der Waals surface area contributed by atoms with Crippen molar-refractivity contribution in [2.24, 2.45) is 4.99 Å². The molecule has 5 heteroatoms. The molecule has 0 atom stereocenters. The average molecular weight is 340 g/mol. The molecule has 1 amide bonds. The molecular formula is C19H20N2O2S. The quantitative estimate of drug-likeness (QED) is 0.836. The normalized spacial score (nSPS) is 13.7. The fraction of sp³-hybridized carbons (Fsp3) is 0.263. The van der Waals surface area contributed by atoms with Crippen LogP contribution < -0.4 is 4.74 Å². The van der Waals surface area contributed by atoms with Crippen LogP contribution in [-0.2, 0) is 10.5 Å². The number of ether oxygens (including phenoxy) is 1. The minimum atomic E-state index is -0.0495. The van der Waals surface area contributed by atoms with Crippen LogP contribution in [-0.4, -0.2) is 35.7 Å². The molecule has 0 unspecified atom stereocenters. The van der Waals surface area contributed by atoms with E-state index in [1.165, 1.54) is 11.1 Å². The minimum Gasteiger partial charge on any atom is -0.484 e. The summed E-state index contributed by atoms with van der Waals surface area (Å²) in [4.78, 5) is 18.6. The molecule has 1 aliphatic heterocycles. The Morgan fingerprint density at radius 1 is 1.17 bits per heavy atom. The van der Waals surface area contributed by atoms with Crippen molar-refractivity contribution < 1.29 is 9.53 Å². The zero-order chi connectivity index (χ0) is 16.8. The van der Waals surface area contributed by atoms with Gasteiger partial charge < -0.3 is 4.74 Å². The van der Waals surface area contributed by atoms with E-state index in [-0.39, 0.29) is 12.5 Å². The van der Waals surface area contributed by atoms with E-state index < -0.39 is 0 Å². The summed E-state index contributed by atoms with van der Waals surface area (Å²) in [6.07, 6.45) is 0. The highest BCUT2D eigenvalue weighted by Crippen LogP contribution is 2.20. The highest BCUT2D eigenvalue weighted by Gasteiger charge is 2.24. The highest BCUT2D eigenvalue weighted by atomic mass is 32.2. The van der Waals surface area contributed by atoms with Crippen molar-refractivity contribution in [2.45, 2.75) is 12.7 Å². The van der Waals surface area contributed by atoms with Crippen LogP contribution in [0, 0.1) is 6.92 Å². The van der Waals surface area contributed by atoms with Crippen LogP contribution in [0.1, 0.15) is 11.1 Å². The topological polar surface area (TPSA) is 41.9 Å². The fourth-order valence-corrected chi connectivity index (χ4v) is 3.37. The third-order valence-corrected chi connectivity index (χ3v) is 4.78. The molecule has 0 aliphatic carbocycles. The summed E-state index contributed by atoms with van der Waals surface area (Å²) in [6.45, 7) is 3.40. The van der Waals surface area contributed by atoms with Gasteiger partial charge in [-0.25, -0.2) is 0 Å². The Hall–Kier alpha value is -2.27. The lowest BCUT2D eigenvalue weighted by Crippen LogP contribution is -2.36. The molecule has 0 saturated carbocycles. The third kappa shape index (κ3) is 4.38. The van der Waals surface area contributed by atoms with Gasteiger partial charge in [-0.15, -0.1) is 0 Å². The maximum Gasteiger partial charge on any atom is 0.266 e. The molecule has 4 nitrogen and oxygen atoms in total.